The number of fused-ring (bicyclic) bond motifs is 4. The number of carbonyl (C=O) groups excluding carboxylic acids is 3. The predicted octanol–water partition coefficient (Wildman–Crippen LogP) is 5.25. The van der Waals surface area contributed by atoms with Gasteiger partial charge in [0.05, 0.1) is 4.90 Å². The molecule has 0 aromatic heterocycles. The second kappa shape index (κ2) is 18.2. The number of amides is 3. The van der Waals surface area contributed by atoms with E-state index in [9.17, 15) is 32.7 Å². The summed E-state index contributed by atoms with van der Waals surface area (Å²) in [7, 11) is -4.20. The van der Waals surface area contributed by atoms with Crippen LogP contribution in [0, 0.1) is 26.2 Å². The fraction of sp³-hybridized carbons (Fsp3) is 0.432. The molecular formula is C44H56N6O9S. The Labute approximate surface area is 351 Å². The van der Waals surface area contributed by atoms with E-state index >= 15 is 0 Å². The Balaban J connectivity index is 1.23. The number of hydrogen-bond acceptors (Lipinski definition) is 9. The van der Waals surface area contributed by atoms with E-state index < -0.39 is 63.1 Å². The van der Waals surface area contributed by atoms with Gasteiger partial charge in [-0.05, 0) is 106 Å². The lowest BCUT2D eigenvalue weighted by atomic mass is 9.94. The van der Waals surface area contributed by atoms with Crippen molar-refractivity contribution >= 4 is 39.9 Å². The first-order chi connectivity index (χ1) is 28.2. The van der Waals surface area contributed by atoms with Gasteiger partial charge in [0, 0.05) is 24.4 Å². The summed E-state index contributed by atoms with van der Waals surface area (Å²) in [6, 6.07) is 13.2. The molecule has 0 fully saturated rings. The van der Waals surface area contributed by atoms with Gasteiger partial charge in [0.1, 0.15) is 35.6 Å². The van der Waals surface area contributed by atoms with Crippen LogP contribution in [-0.2, 0) is 35.6 Å². The topological polar surface area (TPSA) is 225 Å². The average molecular weight is 845 g/mol. The highest BCUT2D eigenvalue weighted by Gasteiger charge is 2.39. The van der Waals surface area contributed by atoms with Crippen LogP contribution in [0.5, 0.6) is 5.75 Å². The highest BCUT2D eigenvalue weighted by molar-refractivity contribution is 7.90. The molecule has 1 aliphatic heterocycles. The zero-order valence-corrected chi connectivity index (χ0v) is 36.0. The molecule has 2 aliphatic rings. The lowest BCUT2D eigenvalue weighted by molar-refractivity contribution is -0.142. The average Bonchev–Trinajstić information content (AvgIpc) is 3.69. The third kappa shape index (κ3) is 9.75. The summed E-state index contributed by atoms with van der Waals surface area (Å²) in [4.78, 5) is 52.6. The van der Waals surface area contributed by atoms with Crippen molar-refractivity contribution in [2.45, 2.75) is 115 Å². The van der Waals surface area contributed by atoms with Crippen LogP contribution in [0.4, 0.5) is 4.79 Å². The molecule has 60 heavy (non-hydrogen) atoms. The number of sulfonamides is 1. The summed E-state index contributed by atoms with van der Waals surface area (Å²) in [5, 5.41) is 28.5. The molecule has 0 saturated heterocycles. The van der Waals surface area contributed by atoms with Gasteiger partial charge in [0.15, 0.2) is 0 Å². The van der Waals surface area contributed by atoms with E-state index in [4.69, 9.17) is 14.9 Å². The third-order valence-corrected chi connectivity index (χ3v) is 12.8. The highest BCUT2D eigenvalue weighted by Crippen LogP contribution is 2.45. The van der Waals surface area contributed by atoms with Crippen molar-refractivity contribution in [3.63, 3.8) is 0 Å². The summed E-state index contributed by atoms with van der Waals surface area (Å²) in [6.07, 6.45) is 1.22. The number of carboxylic acids is 1. The van der Waals surface area contributed by atoms with E-state index in [1.165, 1.54) is 13.0 Å². The maximum atomic E-state index is 13.9. The van der Waals surface area contributed by atoms with Crippen molar-refractivity contribution in [1.29, 1.82) is 5.41 Å². The van der Waals surface area contributed by atoms with Gasteiger partial charge in [0.2, 0.25) is 17.8 Å². The Morgan fingerprint density at radius 3 is 2.20 bits per heavy atom. The number of alkyl carbamates (subject to hydrolysis) is 1. The molecule has 3 aromatic rings. The molecular weight excluding hydrogens is 789 g/mol. The SMILES string of the molecule is C=CCC(C)(NC(=O)OCC1c2ccccc2-c2ccccc21)C(=O)NC(CCCNC(=N)NS(=O)(=O)c1c(C)c(C)c2c(c1C)CC(C)(C)O2)C(=O)NC(CC)C(=O)O. The van der Waals surface area contributed by atoms with Crippen LogP contribution in [0.25, 0.3) is 11.1 Å². The second-order valence-electron chi connectivity index (χ2n) is 16.2. The molecule has 3 amide bonds. The number of benzene rings is 3. The van der Waals surface area contributed by atoms with Gasteiger partial charge in [-0.15, -0.1) is 6.58 Å². The van der Waals surface area contributed by atoms with E-state index in [-0.39, 0.29) is 49.6 Å². The summed E-state index contributed by atoms with van der Waals surface area (Å²) < 4.78 is 41.4. The molecule has 0 saturated carbocycles. The van der Waals surface area contributed by atoms with Crippen LogP contribution in [0.1, 0.15) is 92.7 Å². The minimum atomic E-state index is -4.20. The summed E-state index contributed by atoms with van der Waals surface area (Å²) in [5.74, 6) is -2.83. The predicted molar refractivity (Wildman–Crippen MR) is 228 cm³/mol. The first-order valence-electron chi connectivity index (χ1n) is 20.0. The maximum Gasteiger partial charge on any atom is 0.408 e. The molecule has 3 aromatic carbocycles. The van der Waals surface area contributed by atoms with Crippen molar-refractivity contribution < 1.29 is 42.2 Å². The van der Waals surface area contributed by atoms with Gasteiger partial charge < -0.3 is 35.8 Å². The fourth-order valence-corrected chi connectivity index (χ4v) is 9.46. The van der Waals surface area contributed by atoms with Gasteiger partial charge in [-0.3, -0.25) is 15.0 Å². The highest BCUT2D eigenvalue weighted by atomic mass is 32.2. The number of aliphatic carboxylic acids is 1. The summed E-state index contributed by atoms with van der Waals surface area (Å²) in [6.45, 7) is 15.9. The van der Waals surface area contributed by atoms with Gasteiger partial charge in [0.25, 0.3) is 10.0 Å². The van der Waals surface area contributed by atoms with E-state index in [1.54, 1.807) is 27.7 Å². The van der Waals surface area contributed by atoms with Gasteiger partial charge in [-0.25, -0.2) is 22.7 Å². The van der Waals surface area contributed by atoms with Crippen LogP contribution in [0.2, 0.25) is 0 Å². The number of hydrogen-bond donors (Lipinski definition) is 7. The zero-order chi connectivity index (χ0) is 44.2. The summed E-state index contributed by atoms with van der Waals surface area (Å²) in [5.41, 5.74) is 4.59. The fourth-order valence-electron chi connectivity index (χ4n) is 7.93. The number of nitrogens with one attached hydrogen (secondary N) is 6. The van der Waals surface area contributed by atoms with E-state index in [2.05, 4.69) is 32.6 Å². The van der Waals surface area contributed by atoms with Crippen molar-refractivity contribution in [1.82, 2.24) is 26.0 Å². The number of carboxylic acid groups (broad SMARTS) is 1. The quantitative estimate of drug-likeness (QED) is 0.0405. The Bertz CT molecular complexity index is 2260. The molecule has 322 valence electrons. The zero-order valence-electron chi connectivity index (χ0n) is 35.2. The monoisotopic (exact) mass is 844 g/mol. The van der Waals surface area contributed by atoms with Gasteiger partial charge in [-0.2, -0.15) is 0 Å². The normalized spacial score (nSPS) is 15.7. The lowest BCUT2D eigenvalue weighted by Gasteiger charge is -2.31. The Kier molecular flexibility index (Phi) is 13.7. The van der Waals surface area contributed by atoms with Crippen molar-refractivity contribution in [3.8, 4) is 16.9 Å². The smallest absolute Gasteiger partial charge is 0.408 e. The molecule has 16 heteroatoms. The minimum absolute atomic E-state index is 0.00190. The minimum Gasteiger partial charge on any atom is -0.487 e. The lowest BCUT2D eigenvalue weighted by Crippen LogP contribution is -2.61. The molecule has 3 atom stereocenters. The van der Waals surface area contributed by atoms with Crippen LogP contribution in [0.15, 0.2) is 66.1 Å². The Hall–Kier alpha value is -5.90. The Morgan fingerprint density at radius 1 is 1.00 bits per heavy atom. The first-order valence-corrected chi connectivity index (χ1v) is 21.5. The molecule has 1 aliphatic carbocycles. The number of ether oxygens (including phenoxy) is 2. The van der Waals surface area contributed by atoms with Crippen molar-refractivity contribution in [2.24, 2.45) is 0 Å². The van der Waals surface area contributed by atoms with Crippen molar-refractivity contribution in [3.05, 3.63) is 94.6 Å². The maximum absolute atomic E-state index is 13.9. The van der Waals surface area contributed by atoms with Crippen LogP contribution >= 0.6 is 0 Å². The van der Waals surface area contributed by atoms with Crippen LogP contribution in [-0.4, -0.2) is 79.7 Å². The third-order valence-electron chi connectivity index (χ3n) is 11.2. The molecule has 5 rings (SSSR count). The van der Waals surface area contributed by atoms with Gasteiger partial charge in [-0.1, -0.05) is 61.5 Å². The van der Waals surface area contributed by atoms with Crippen LogP contribution < -0.4 is 30.7 Å². The molecule has 0 bridgehead atoms. The molecule has 3 unspecified atom stereocenters. The standard InChI is InChI=1S/C44H56N6O9S/c1-9-21-44(8,49-42(55)58-24-33-30-18-13-11-16-28(30)29-17-12-14-19-31(29)33)40(54)48-35(38(51)47-34(10-2)39(52)53)20-15-22-46-41(45)50-60(56,57)37-26(4)25(3)36-32(27(37)5)23-43(6,7)59-36/h9,11-14,16-19,33-35H,1,10,15,20-24H2,2-8H3,(H,47,51)(H,48,54)(H,49,55)(H,52,53)(H3,45,46,50). The molecule has 0 spiro atoms. The largest absolute Gasteiger partial charge is 0.487 e. The number of guanidine groups is 1. The first kappa shape index (κ1) is 45.2. The van der Waals surface area contributed by atoms with E-state index in [0.29, 0.717) is 28.9 Å². The van der Waals surface area contributed by atoms with Gasteiger partial charge >= 0.3 is 12.1 Å². The molecule has 1 heterocycles. The number of carbonyl (C=O) groups is 4. The van der Waals surface area contributed by atoms with E-state index in [1.807, 2.05) is 62.4 Å². The van der Waals surface area contributed by atoms with E-state index in [0.717, 1.165) is 27.8 Å². The molecule has 7 N–H and O–H groups in total. The second-order valence-corrected chi connectivity index (χ2v) is 17.8. The number of rotatable bonds is 17. The van der Waals surface area contributed by atoms with Crippen molar-refractivity contribution in [2.75, 3.05) is 13.2 Å². The molecule has 0 radical (unpaired) electrons. The molecule has 15 nitrogen and oxygen atoms in total. The van der Waals surface area contributed by atoms with Crippen LogP contribution in [0.3, 0.4) is 0 Å². The Morgan fingerprint density at radius 2 is 1.62 bits per heavy atom. The summed E-state index contributed by atoms with van der Waals surface area (Å²) >= 11 is 0.